The number of aromatic nitrogens is 2. The number of amides is 2. The van der Waals surface area contributed by atoms with Crippen molar-refractivity contribution in [2.45, 2.75) is 25.8 Å². The predicted molar refractivity (Wildman–Crippen MR) is 103 cm³/mol. The number of nitrogens with one attached hydrogen (secondary N) is 2. The van der Waals surface area contributed by atoms with Crippen LogP contribution in [0.1, 0.15) is 31.4 Å². The van der Waals surface area contributed by atoms with Crippen molar-refractivity contribution in [2.24, 2.45) is 5.92 Å². The van der Waals surface area contributed by atoms with Gasteiger partial charge in [-0.2, -0.15) is 0 Å². The first kappa shape index (κ1) is 18.8. The first-order valence-corrected chi connectivity index (χ1v) is 9.29. The largest absolute Gasteiger partial charge is 0.348 e. The zero-order valence-corrected chi connectivity index (χ0v) is 15.5. The number of hydrogen-bond acceptors (Lipinski definition) is 5. The molecule has 2 amide bonds. The lowest BCUT2D eigenvalue weighted by Crippen LogP contribution is -2.44. The van der Waals surface area contributed by atoms with Crippen molar-refractivity contribution in [1.82, 2.24) is 20.6 Å². The Balaban J connectivity index is 1.40. The molecule has 2 aromatic rings. The van der Waals surface area contributed by atoms with Crippen LogP contribution in [0.15, 0.2) is 48.8 Å². The van der Waals surface area contributed by atoms with Crippen molar-refractivity contribution >= 4 is 17.8 Å². The highest BCUT2D eigenvalue weighted by molar-refractivity contribution is 6.35. The maximum Gasteiger partial charge on any atom is 0.309 e. The predicted octanol–water partition coefficient (Wildman–Crippen LogP) is 1.69. The molecule has 2 heterocycles. The van der Waals surface area contributed by atoms with Gasteiger partial charge in [-0.15, -0.1) is 0 Å². The maximum atomic E-state index is 12.1. The number of piperidine rings is 1. The van der Waals surface area contributed by atoms with Crippen LogP contribution in [0.25, 0.3) is 0 Å². The summed E-state index contributed by atoms with van der Waals surface area (Å²) < 4.78 is 0. The van der Waals surface area contributed by atoms with Gasteiger partial charge in [0.15, 0.2) is 0 Å². The molecule has 0 aliphatic carbocycles. The molecular weight excluding hydrogens is 342 g/mol. The molecule has 1 aromatic carbocycles. The summed E-state index contributed by atoms with van der Waals surface area (Å²) in [4.78, 5) is 34.9. The topological polar surface area (TPSA) is 87.2 Å². The summed E-state index contributed by atoms with van der Waals surface area (Å²) in [6.45, 7) is 4.07. The number of benzene rings is 1. The Kier molecular flexibility index (Phi) is 6.35. The Labute approximate surface area is 159 Å². The smallest absolute Gasteiger partial charge is 0.309 e. The number of rotatable bonds is 5. The van der Waals surface area contributed by atoms with Crippen LogP contribution in [-0.2, 0) is 9.59 Å². The fourth-order valence-electron chi connectivity index (χ4n) is 3.20. The molecule has 0 spiro atoms. The van der Waals surface area contributed by atoms with E-state index in [9.17, 15) is 9.59 Å². The van der Waals surface area contributed by atoms with E-state index in [1.807, 2.05) is 37.3 Å². The fourth-order valence-corrected chi connectivity index (χ4v) is 3.20. The van der Waals surface area contributed by atoms with Crippen molar-refractivity contribution in [2.75, 3.05) is 24.5 Å². The number of hydrogen-bond donors (Lipinski definition) is 2. The normalized spacial score (nSPS) is 15.8. The van der Waals surface area contributed by atoms with Crippen LogP contribution in [0.2, 0.25) is 0 Å². The highest BCUT2D eigenvalue weighted by Crippen LogP contribution is 2.19. The maximum absolute atomic E-state index is 12.1. The third-order valence-corrected chi connectivity index (χ3v) is 4.85. The van der Waals surface area contributed by atoms with Crippen molar-refractivity contribution in [3.05, 3.63) is 54.4 Å². The molecule has 7 heteroatoms. The van der Waals surface area contributed by atoms with Gasteiger partial charge in [0.1, 0.15) is 0 Å². The Bertz CT molecular complexity index is 745. The number of carbonyl (C=O) groups excluding carboxylic acids is 2. The van der Waals surface area contributed by atoms with Crippen LogP contribution in [0.3, 0.4) is 0 Å². The highest BCUT2D eigenvalue weighted by atomic mass is 16.2. The van der Waals surface area contributed by atoms with Gasteiger partial charge in [-0.3, -0.25) is 9.59 Å². The quantitative estimate of drug-likeness (QED) is 0.785. The van der Waals surface area contributed by atoms with Crippen LogP contribution in [0.4, 0.5) is 5.95 Å². The lowest BCUT2D eigenvalue weighted by Gasteiger charge is -2.31. The second kappa shape index (κ2) is 9.12. The molecule has 3 rings (SSSR count). The molecule has 0 bridgehead atoms. The monoisotopic (exact) mass is 367 g/mol. The molecule has 142 valence electrons. The van der Waals surface area contributed by atoms with Gasteiger partial charge in [0.2, 0.25) is 5.95 Å². The van der Waals surface area contributed by atoms with Crippen LogP contribution >= 0.6 is 0 Å². The van der Waals surface area contributed by atoms with Gasteiger partial charge in [-0.25, -0.2) is 9.97 Å². The molecule has 0 saturated carbocycles. The van der Waals surface area contributed by atoms with E-state index in [1.54, 1.807) is 18.5 Å². The van der Waals surface area contributed by atoms with Crippen LogP contribution < -0.4 is 15.5 Å². The van der Waals surface area contributed by atoms with E-state index in [-0.39, 0.29) is 6.04 Å². The summed E-state index contributed by atoms with van der Waals surface area (Å²) >= 11 is 0. The fraction of sp³-hybridized carbons (Fsp3) is 0.400. The summed E-state index contributed by atoms with van der Waals surface area (Å²) in [6, 6.07) is 11.2. The first-order valence-electron chi connectivity index (χ1n) is 9.29. The molecule has 2 N–H and O–H groups in total. The molecule has 1 aliphatic rings. The standard InChI is InChI=1S/C20H25N5O2/c1-15(17-6-3-2-4-7-17)24-19(27)18(26)23-14-16-8-12-25(13-9-16)20-21-10-5-11-22-20/h2-7,10-11,15-16H,8-9,12-14H2,1H3,(H,23,26)(H,24,27)/t15-/m0/s1. The highest BCUT2D eigenvalue weighted by Gasteiger charge is 2.23. The second-order valence-corrected chi connectivity index (χ2v) is 6.80. The van der Waals surface area contributed by atoms with Crippen LogP contribution in [-0.4, -0.2) is 41.4 Å². The minimum atomic E-state index is -0.596. The first-order chi connectivity index (χ1) is 13.1. The SMILES string of the molecule is C[C@H](NC(=O)C(=O)NCC1CCN(c2ncccn2)CC1)c1ccccc1. The Hall–Kier alpha value is -2.96. The van der Waals surface area contributed by atoms with Gasteiger partial charge in [0, 0.05) is 32.0 Å². The molecule has 7 nitrogen and oxygen atoms in total. The molecular formula is C20H25N5O2. The van der Waals surface area contributed by atoms with Crippen molar-refractivity contribution < 1.29 is 9.59 Å². The van der Waals surface area contributed by atoms with E-state index in [2.05, 4.69) is 25.5 Å². The van der Waals surface area contributed by atoms with Crippen molar-refractivity contribution in [1.29, 1.82) is 0 Å². The number of carbonyl (C=O) groups is 2. The third kappa shape index (κ3) is 5.26. The van der Waals surface area contributed by atoms with E-state index in [0.717, 1.165) is 37.4 Å². The summed E-state index contributed by atoms with van der Waals surface area (Å²) in [6.07, 6.45) is 5.34. The lowest BCUT2D eigenvalue weighted by atomic mass is 9.97. The van der Waals surface area contributed by atoms with E-state index in [4.69, 9.17) is 0 Å². The van der Waals surface area contributed by atoms with Gasteiger partial charge in [-0.1, -0.05) is 30.3 Å². The summed E-state index contributed by atoms with van der Waals surface area (Å²) in [5, 5.41) is 5.50. The molecule has 1 aromatic heterocycles. The molecule has 1 aliphatic heterocycles. The van der Waals surface area contributed by atoms with Crippen LogP contribution in [0.5, 0.6) is 0 Å². The lowest BCUT2D eigenvalue weighted by molar-refractivity contribution is -0.139. The molecule has 1 fully saturated rings. The summed E-state index contributed by atoms with van der Waals surface area (Å²) in [5.74, 6) is -0.0735. The number of anilines is 1. The van der Waals surface area contributed by atoms with E-state index < -0.39 is 11.8 Å². The Morgan fingerprint density at radius 3 is 2.41 bits per heavy atom. The van der Waals surface area contributed by atoms with Gasteiger partial charge in [0.25, 0.3) is 0 Å². The third-order valence-electron chi connectivity index (χ3n) is 4.85. The molecule has 1 saturated heterocycles. The van der Waals surface area contributed by atoms with Crippen molar-refractivity contribution in [3.8, 4) is 0 Å². The molecule has 0 unspecified atom stereocenters. The number of nitrogens with zero attached hydrogens (tertiary/aromatic N) is 3. The van der Waals surface area contributed by atoms with Gasteiger partial charge in [-0.05, 0) is 37.3 Å². The molecule has 27 heavy (non-hydrogen) atoms. The molecule has 1 atom stereocenters. The molecule has 0 radical (unpaired) electrons. The van der Waals surface area contributed by atoms with Gasteiger partial charge >= 0.3 is 11.8 Å². The van der Waals surface area contributed by atoms with Gasteiger partial charge in [0.05, 0.1) is 6.04 Å². The summed E-state index contributed by atoms with van der Waals surface area (Å²) in [7, 11) is 0. The average molecular weight is 367 g/mol. The van der Waals surface area contributed by atoms with Crippen molar-refractivity contribution in [3.63, 3.8) is 0 Å². The van der Waals surface area contributed by atoms with Gasteiger partial charge < -0.3 is 15.5 Å². The van der Waals surface area contributed by atoms with E-state index >= 15 is 0 Å². The Morgan fingerprint density at radius 2 is 1.74 bits per heavy atom. The summed E-state index contributed by atoms with van der Waals surface area (Å²) in [5.41, 5.74) is 0.967. The van der Waals surface area contributed by atoms with E-state index in [0.29, 0.717) is 12.5 Å². The Morgan fingerprint density at radius 1 is 1.07 bits per heavy atom. The second-order valence-electron chi connectivity index (χ2n) is 6.80. The zero-order valence-electron chi connectivity index (χ0n) is 15.5. The van der Waals surface area contributed by atoms with E-state index in [1.165, 1.54) is 0 Å². The minimum absolute atomic E-state index is 0.210. The zero-order chi connectivity index (χ0) is 19.1. The average Bonchev–Trinajstić information content (AvgIpc) is 2.73. The van der Waals surface area contributed by atoms with Crippen LogP contribution in [0, 0.1) is 5.92 Å². The minimum Gasteiger partial charge on any atom is -0.348 e.